The fourth-order valence-electron chi connectivity index (χ4n) is 7.22. The van der Waals surface area contributed by atoms with Crippen LogP contribution in [0.4, 0.5) is 0 Å². The molecule has 7 rings (SSSR count). The molecule has 2 aromatic heterocycles. The third kappa shape index (κ3) is 10.0. The van der Waals surface area contributed by atoms with E-state index >= 15 is 0 Å². The van der Waals surface area contributed by atoms with E-state index in [0.29, 0.717) is 11.5 Å². The summed E-state index contributed by atoms with van der Waals surface area (Å²) >= 11 is 3.89. The highest BCUT2D eigenvalue weighted by molar-refractivity contribution is 5.85. The number of rotatable bonds is 13. The number of ether oxygens (including phenoxy) is 7. The summed E-state index contributed by atoms with van der Waals surface area (Å²) in [7, 11) is 7.25. The van der Waals surface area contributed by atoms with Crippen molar-refractivity contribution in [1.82, 2.24) is 19.1 Å². The van der Waals surface area contributed by atoms with Crippen molar-refractivity contribution < 1.29 is 49.8 Å². The lowest BCUT2D eigenvalue weighted by Crippen LogP contribution is -2.40. The molecule has 2 aliphatic heterocycles. The van der Waals surface area contributed by atoms with Crippen LogP contribution in [-0.2, 0) is 29.3 Å². The molecule has 2 saturated heterocycles. The smallest absolute Gasteiger partial charge is 0.330 e. The summed E-state index contributed by atoms with van der Waals surface area (Å²) in [5.74, 6) is 1.38. The number of nitrogens with one attached hydrogen (secondary N) is 2. The summed E-state index contributed by atoms with van der Waals surface area (Å²) in [6.45, 7) is -0.460. The average molecular weight is 874 g/mol. The Bertz CT molecular complexity index is 2340. The van der Waals surface area contributed by atoms with E-state index in [4.69, 9.17) is 40.8 Å². The van der Waals surface area contributed by atoms with Gasteiger partial charge in [-0.2, -0.15) is 0 Å². The van der Waals surface area contributed by atoms with Gasteiger partial charge in [-0.3, -0.25) is 28.7 Å². The lowest BCUT2D eigenvalue weighted by Gasteiger charge is -2.37. The molecule has 4 heterocycles. The van der Waals surface area contributed by atoms with Crippen LogP contribution in [0.1, 0.15) is 37.9 Å². The van der Waals surface area contributed by atoms with Gasteiger partial charge in [0.25, 0.3) is 11.1 Å². The number of hydrogen-bond acceptors (Lipinski definition) is 14. The van der Waals surface area contributed by atoms with Crippen LogP contribution in [0.25, 0.3) is 0 Å². The molecular formula is C42H51ClN4O14. The van der Waals surface area contributed by atoms with Gasteiger partial charge < -0.3 is 48.5 Å². The highest BCUT2D eigenvalue weighted by Gasteiger charge is 2.48. The third-order valence-corrected chi connectivity index (χ3v) is 10.2. The first kappa shape index (κ1) is 45.1. The van der Waals surface area contributed by atoms with Crippen LogP contribution in [-0.4, -0.2) is 114 Å². The van der Waals surface area contributed by atoms with Gasteiger partial charge in [-0.15, -0.1) is 12.3 Å². The number of benzene rings is 3. The molecule has 61 heavy (non-hydrogen) atoms. The van der Waals surface area contributed by atoms with Crippen molar-refractivity contribution in [2.75, 3.05) is 41.7 Å². The second kappa shape index (κ2) is 21.4. The molecule has 3 aromatic carbocycles. The van der Waals surface area contributed by atoms with Gasteiger partial charge in [0.05, 0.1) is 27.4 Å². The highest BCUT2D eigenvalue weighted by atomic mass is 35.5. The molecular weight excluding hydrogens is 820 g/mol. The number of aromatic amines is 2. The van der Waals surface area contributed by atoms with Gasteiger partial charge in [-0.1, -0.05) is 62.0 Å². The zero-order chi connectivity index (χ0) is 46.3. The minimum absolute atomic E-state index is 0.0669. The Morgan fingerprint density at radius 2 is 1.10 bits per heavy atom. The second-order valence-corrected chi connectivity index (χ2v) is 13.5. The molecule has 2 fully saturated rings. The van der Waals surface area contributed by atoms with Crippen LogP contribution in [0.5, 0.6) is 11.5 Å². The Morgan fingerprint density at radius 3 is 1.49 bits per heavy atom. The van der Waals surface area contributed by atoms with Crippen LogP contribution in [0.15, 0.2) is 123 Å². The Morgan fingerprint density at radius 1 is 0.689 bits per heavy atom. The summed E-state index contributed by atoms with van der Waals surface area (Å²) in [6, 6.07) is 27.3. The molecule has 330 valence electrons. The van der Waals surface area contributed by atoms with Crippen molar-refractivity contribution in [2.45, 2.75) is 62.1 Å². The van der Waals surface area contributed by atoms with Crippen molar-refractivity contribution in [1.29, 1.82) is 1.17 Å². The summed E-state index contributed by atoms with van der Waals surface area (Å²) in [4.78, 5) is 51.0. The highest BCUT2D eigenvalue weighted by Crippen LogP contribution is 2.43. The number of aliphatic hydroxyl groups excluding tert-OH is 3. The summed E-state index contributed by atoms with van der Waals surface area (Å²) < 4.78 is 53.0. The molecule has 19 heteroatoms. The topological polar surface area (TPSA) is 235 Å². The molecule has 18 nitrogen and oxygen atoms in total. The van der Waals surface area contributed by atoms with E-state index < -0.39 is 83.8 Å². The summed E-state index contributed by atoms with van der Waals surface area (Å²) in [5, 5.41) is 30.1. The van der Waals surface area contributed by atoms with Crippen molar-refractivity contribution in [3.05, 3.63) is 162 Å². The first-order chi connectivity index (χ1) is 30.5. The van der Waals surface area contributed by atoms with Crippen LogP contribution in [0, 0.1) is 0 Å². The Balaban J connectivity index is 0.000000330. The van der Waals surface area contributed by atoms with E-state index in [1.54, 1.807) is 14.2 Å². The summed E-state index contributed by atoms with van der Waals surface area (Å²) in [6.07, 6.45) is -4.89. The minimum atomic E-state index is -1.14. The SMILES string of the molecule is COC1[C@@H](O)[C@@H](CO)O[C@H]1n1ccc(=O)[nH]c1=O.COc1ccc(C(OC[C@H]2O[C@@H](n3ccc(=O)[nH]c3=O)C(OC)[C@H]2O)(c2ccccc2)c2ccc(OC)cc2)cc1.[2H]Cl.[3H]C. The number of aliphatic hydroxyl groups is 3. The molecule has 2 unspecified atom stereocenters. The molecule has 0 radical (unpaired) electrons. The van der Waals surface area contributed by atoms with E-state index in [9.17, 15) is 29.4 Å². The molecule has 0 spiro atoms. The monoisotopic (exact) mass is 873 g/mol. The first-order valence-corrected chi connectivity index (χ1v) is 18.4. The number of methoxy groups -OCH3 is 4. The Hall–Kier alpha value is -5.41. The third-order valence-electron chi connectivity index (χ3n) is 10.2. The van der Waals surface area contributed by atoms with E-state index in [1.165, 1.54) is 44.6 Å². The number of halogens is 1. The van der Waals surface area contributed by atoms with Crippen molar-refractivity contribution in [2.24, 2.45) is 0 Å². The molecule has 0 bridgehead atoms. The fraction of sp³-hybridized carbons (Fsp3) is 0.381. The maximum atomic E-state index is 12.5. The largest absolute Gasteiger partial charge is 0.497 e. The number of hydrogen-bond donors (Lipinski definition) is 5. The standard InChI is InChI=1S/C31H32N2O8.C10H14N2O6.CH4.ClH/c1-37-23-13-9-21(10-14-23)31(20-7-5-4-6-8-20,22-11-15-24(38-2)16-12-22)40-19-25-27(35)28(39-3)29(41-25)33-18-17-26(34)32-30(33)36;1-17-8-7(15)5(4-13)18-9(8)12-3-2-6(14)11-10(12)16;;/h4-18,25,27-29,35H,19H2,1-3H3,(H,32,34,36);2-3,5,7-9,13,15H,4H2,1H3,(H,11,14,16);1H4;1H/t25-,27+,28?,29-;5-,7+,8?,9-;;/m11../s1/i;;1T;/hD. The quantitative estimate of drug-likeness (QED) is 0.106. The molecule has 0 saturated carbocycles. The van der Waals surface area contributed by atoms with E-state index in [1.807, 2.05) is 78.9 Å². The van der Waals surface area contributed by atoms with E-state index in [-0.39, 0.29) is 6.61 Å². The minimum Gasteiger partial charge on any atom is -0.497 e. The Kier molecular flexibility index (Phi) is 15.8. The molecule has 8 atom stereocenters. The van der Waals surface area contributed by atoms with Gasteiger partial charge in [-0.25, -0.2) is 9.59 Å². The van der Waals surface area contributed by atoms with Crippen LogP contribution < -0.4 is 32.0 Å². The van der Waals surface area contributed by atoms with Crippen molar-refractivity contribution >= 4 is 12.3 Å². The number of aromatic nitrogens is 4. The van der Waals surface area contributed by atoms with Gasteiger partial charge >= 0.3 is 11.4 Å². The fourth-order valence-corrected chi connectivity index (χ4v) is 7.22. The maximum Gasteiger partial charge on any atom is 0.330 e. The molecule has 2 aliphatic rings. The van der Waals surface area contributed by atoms with Crippen LogP contribution in [0.3, 0.4) is 0 Å². The van der Waals surface area contributed by atoms with Gasteiger partial charge in [0.2, 0.25) is 0 Å². The van der Waals surface area contributed by atoms with Gasteiger partial charge in [0, 0.05) is 40.1 Å². The molecule has 5 aromatic rings. The zero-order valence-corrected chi connectivity index (χ0v) is 34.7. The second-order valence-electron chi connectivity index (χ2n) is 13.5. The van der Waals surface area contributed by atoms with Crippen molar-refractivity contribution in [3.8, 4) is 11.5 Å². The number of H-pyrrole nitrogens is 2. The van der Waals surface area contributed by atoms with Crippen LogP contribution in [0.2, 0.25) is 0 Å². The predicted octanol–water partition coefficient (Wildman–Crippen LogP) is 1.70. The zero-order valence-electron chi connectivity index (χ0n) is 36.0. The van der Waals surface area contributed by atoms with Gasteiger partial charge in [0.1, 0.15) is 54.9 Å². The van der Waals surface area contributed by atoms with E-state index in [0.717, 1.165) is 27.3 Å². The molecule has 5 N–H and O–H groups in total. The normalized spacial score (nSPS) is 23.4. The van der Waals surface area contributed by atoms with Crippen molar-refractivity contribution in [3.63, 3.8) is 0 Å². The lowest BCUT2D eigenvalue weighted by molar-refractivity contribution is -0.0967. The molecule has 0 aliphatic carbocycles. The maximum absolute atomic E-state index is 12.5. The Labute approximate surface area is 358 Å². The van der Waals surface area contributed by atoms with Crippen LogP contribution >= 0.6 is 12.3 Å². The lowest BCUT2D eigenvalue weighted by atomic mass is 9.80. The molecule has 0 amide bonds. The van der Waals surface area contributed by atoms with Gasteiger partial charge in [0.15, 0.2) is 12.5 Å². The summed E-state index contributed by atoms with van der Waals surface area (Å²) in [5.41, 5.74) is -1.04. The van der Waals surface area contributed by atoms with E-state index in [2.05, 4.69) is 22.3 Å². The van der Waals surface area contributed by atoms with Gasteiger partial charge in [-0.05, 0) is 41.0 Å². The first-order valence-electron chi connectivity index (χ1n) is 19.8. The predicted molar refractivity (Wildman–Crippen MR) is 223 cm³/mol. The number of nitrogens with zero attached hydrogens (tertiary/aromatic N) is 2. The average Bonchev–Trinajstić information content (AvgIpc) is 3.82.